The molecule has 7 heteroatoms. The molecule has 2 heterocycles. The first-order valence-corrected chi connectivity index (χ1v) is 7.55. The van der Waals surface area contributed by atoms with E-state index in [1.54, 1.807) is 6.33 Å². The Labute approximate surface area is 138 Å². The van der Waals surface area contributed by atoms with E-state index in [4.69, 9.17) is 5.11 Å². The maximum absolute atomic E-state index is 8.99. The molecule has 1 aliphatic heterocycles. The summed E-state index contributed by atoms with van der Waals surface area (Å²) in [6.07, 6.45) is 1.63. The Morgan fingerprint density at radius 2 is 1.90 bits per heavy atom. The van der Waals surface area contributed by atoms with E-state index in [1.807, 2.05) is 12.1 Å². The second kappa shape index (κ2) is 7.35. The van der Waals surface area contributed by atoms with Gasteiger partial charge in [0.1, 0.15) is 12.1 Å². The Bertz CT molecular complexity index is 605. The monoisotopic (exact) mass is 372 g/mol. The number of anilines is 1. The number of halogens is 2. The lowest BCUT2D eigenvalue weighted by atomic mass is 10.2. The smallest absolute Gasteiger partial charge is 0.140 e. The first-order chi connectivity index (χ1) is 9.78. The van der Waals surface area contributed by atoms with Crippen molar-refractivity contribution in [2.45, 2.75) is 0 Å². The molecule has 1 aromatic heterocycles. The summed E-state index contributed by atoms with van der Waals surface area (Å²) in [5.74, 6) is 1.000. The fourth-order valence-electron chi connectivity index (χ4n) is 2.59. The van der Waals surface area contributed by atoms with E-state index in [1.165, 1.54) is 0 Å². The lowest BCUT2D eigenvalue weighted by Crippen LogP contribution is -2.47. The van der Waals surface area contributed by atoms with Crippen LogP contribution in [0.3, 0.4) is 0 Å². The van der Waals surface area contributed by atoms with Gasteiger partial charge in [-0.2, -0.15) is 0 Å². The van der Waals surface area contributed by atoms with Crippen LogP contribution < -0.4 is 4.90 Å². The van der Waals surface area contributed by atoms with Crippen molar-refractivity contribution in [2.24, 2.45) is 0 Å². The van der Waals surface area contributed by atoms with E-state index in [0.717, 1.165) is 53.9 Å². The van der Waals surface area contributed by atoms with Crippen LogP contribution in [0.5, 0.6) is 0 Å². The first-order valence-electron chi connectivity index (χ1n) is 6.76. The molecule has 0 atom stereocenters. The Kier molecular flexibility index (Phi) is 5.75. The molecule has 3 rings (SSSR count). The first kappa shape index (κ1) is 16.4. The number of hydrogen-bond donors (Lipinski definition) is 1. The van der Waals surface area contributed by atoms with Crippen LogP contribution in [-0.4, -0.2) is 59.3 Å². The fraction of sp³-hybridized carbons (Fsp3) is 0.429. The third kappa shape index (κ3) is 3.63. The predicted octanol–water partition coefficient (Wildman–Crippen LogP) is 1.93. The number of hydrogen-bond acceptors (Lipinski definition) is 5. The number of β-amino-alcohol motifs (C(OH)–C–C–N with tert-alkyl or cyclic N) is 1. The summed E-state index contributed by atoms with van der Waals surface area (Å²) in [5, 5.41) is 10.1. The van der Waals surface area contributed by atoms with E-state index in [9.17, 15) is 0 Å². The van der Waals surface area contributed by atoms with Gasteiger partial charge in [0.2, 0.25) is 0 Å². The normalized spacial score (nSPS) is 16.0. The zero-order valence-electron chi connectivity index (χ0n) is 11.6. The third-order valence-corrected chi connectivity index (χ3v) is 4.16. The Morgan fingerprint density at radius 3 is 2.62 bits per heavy atom. The van der Waals surface area contributed by atoms with Crippen LogP contribution in [0.25, 0.3) is 10.9 Å². The summed E-state index contributed by atoms with van der Waals surface area (Å²) in [4.78, 5) is 13.4. The van der Waals surface area contributed by atoms with Gasteiger partial charge in [-0.3, -0.25) is 4.90 Å². The average Bonchev–Trinajstić information content (AvgIpc) is 2.48. The standard InChI is InChI=1S/C14H17BrN4O.ClH/c15-11-1-2-13-12(9-11)14(17-10-16-13)19-5-3-18(4-6-19)7-8-20;/h1-2,9-10,20H,3-8H2;1H. The number of benzene rings is 1. The third-order valence-electron chi connectivity index (χ3n) is 3.66. The molecular formula is C14H18BrClN4O. The second-order valence-corrected chi connectivity index (χ2v) is 5.83. The summed E-state index contributed by atoms with van der Waals surface area (Å²) >= 11 is 3.51. The molecule has 1 aliphatic rings. The zero-order chi connectivity index (χ0) is 13.9. The van der Waals surface area contributed by atoms with Gasteiger partial charge < -0.3 is 10.0 Å². The molecule has 1 aromatic carbocycles. The molecule has 1 fully saturated rings. The fourth-order valence-corrected chi connectivity index (χ4v) is 2.95. The second-order valence-electron chi connectivity index (χ2n) is 4.91. The maximum atomic E-state index is 8.99. The summed E-state index contributed by atoms with van der Waals surface area (Å²) in [7, 11) is 0. The van der Waals surface area contributed by atoms with Crippen LogP contribution >= 0.6 is 28.3 Å². The van der Waals surface area contributed by atoms with Crippen molar-refractivity contribution in [3.8, 4) is 0 Å². The number of aromatic nitrogens is 2. The van der Waals surface area contributed by atoms with E-state index < -0.39 is 0 Å². The lowest BCUT2D eigenvalue weighted by Gasteiger charge is -2.35. The summed E-state index contributed by atoms with van der Waals surface area (Å²) < 4.78 is 1.04. The van der Waals surface area contributed by atoms with Crippen LogP contribution in [0.4, 0.5) is 5.82 Å². The quantitative estimate of drug-likeness (QED) is 0.891. The SMILES string of the molecule is Cl.OCCN1CCN(c2ncnc3ccc(Br)cc23)CC1. The molecular weight excluding hydrogens is 356 g/mol. The molecule has 0 saturated carbocycles. The van der Waals surface area contributed by atoms with Gasteiger partial charge >= 0.3 is 0 Å². The molecule has 0 amide bonds. The van der Waals surface area contributed by atoms with Crippen molar-refractivity contribution >= 4 is 45.1 Å². The van der Waals surface area contributed by atoms with E-state index in [0.29, 0.717) is 0 Å². The van der Waals surface area contributed by atoms with Crippen LogP contribution in [-0.2, 0) is 0 Å². The average molecular weight is 374 g/mol. The van der Waals surface area contributed by atoms with Crippen LogP contribution in [0, 0.1) is 0 Å². The van der Waals surface area contributed by atoms with Gasteiger partial charge in [0.15, 0.2) is 0 Å². The zero-order valence-corrected chi connectivity index (χ0v) is 14.0. The van der Waals surface area contributed by atoms with Crippen molar-refractivity contribution in [2.75, 3.05) is 44.2 Å². The van der Waals surface area contributed by atoms with E-state index in [2.05, 4.69) is 41.8 Å². The minimum atomic E-state index is 0. The minimum absolute atomic E-state index is 0. The van der Waals surface area contributed by atoms with Crippen LogP contribution in [0.2, 0.25) is 0 Å². The molecule has 1 N–H and O–H groups in total. The summed E-state index contributed by atoms with van der Waals surface area (Å²) in [6, 6.07) is 6.08. The van der Waals surface area contributed by atoms with Gasteiger partial charge in [-0.05, 0) is 18.2 Å². The molecule has 5 nitrogen and oxygen atoms in total. The van der Waals surface area contributed by atoms with Gasteiger partial charge in [0.05, 0.1) is 12.1 Å². The maximum Gasteiger partial charge on any atom is 0.140 e. The largest absolute Gasteiger partial charge is 0.395 e. The molecule has 21 heavy (non-hydrogen) atoms. The molecule has 0 bridgehead atoms. The van der Waals surface area contributed by atoms with E-state index >= 15 is 0 Å². The Balaban J connectivity index is 0.00000161. The highest BCUT2D eigenvalue weighted by molar-refractivity contribution is 9.10. The number of aliphatic hydroxyl groups excluding tert-OH is 1. The van der Waals surface area contributed by atoms with Crippen molar-refractivity contribution in [1.29, 1.82) is 0 Å². The molecule has 0 unspecified atom stereocenters. The van der Waals surface area contributed by atoms with Gasteiger partial charge in [-0.25, -0.2) is 9.97 Å². The number of rotatable bonds is 3. The topological polar surface area (TPSA) is 52.5 Å². The van der Waals surface area contributed by atoms with Crippen LogP contribution in [0.15, 0.2) is 29.0 Å². The van der Waals surface area contributed by atoms with Gasteiger partial charge in [-0.15, -0.1) is 12.4 Å². The highest BCUT2D eigenvalue weighted by Crippen LogP contribution is 2.26. The number of aliphatic hydroxyl groups is 1. The van der Waals surface area contributed by atoms with Crippen molar-refractivity contribution < 1.29 is 5.11 Å². The number of fused-ring (bicyclic) bond motifs is 1. The summed E-state index contributed by atoms with van der Waals surface area (Å²) in [5.41, 5.74) is 0.969. The van der Waals surface area contributed by atoms with Crippen molar-refractivity contribution in [3.05, 3.63) is 29.0 Å². The highest BCUT2D eigenvalue weighted by atomic mass is 79.9. The van der Waals surface area contributed by atoms with Crippen molar-refractivity contribution in [1.82, 2.24) is 14.9 Å². The molecule has 114 valence electrons. The van der Waals surface area contributed by atoms with Crippen molar-refractivity contribution in [3.63, 3.8) is 0 Å². The van der Waals surface area contributed by atoms with Crippen LogP contribution in [0.1, 0.15) is 0 Å². The number of piperazine rings is 1. The molecule has 1 saturated heterocycles. The minimum Gasteiger partial charge on any atom is -0.395 e. The molecule has 0 spiro atoms. The Morgan fingerprint density at radius 1 is 1.14 bits per heavy atom. The molecule has 0 aliphatic carbocycles. The molecule has 2 aromatic rings. The van der Waals surface area contributed by atoms with Gasteiger partial charge in [-0.1, -0.05) is 15.9 Å². The highest BCUT2D eigenvalue weighted by Gasteiger charge is 2.19. The predicted molar refractivity (Wildman–Crippen MR) is 90.2 cm³/mol. The Hall–Kier alpha value is -0.950. The van der Waals surface area contributed by atoms with Gasteiger partial charge in [0.25, 0.3) is 0 Å². The van der Waals surface area contributed by atoms with Gasteiger partial charge in [0, 0.05) is 42.6 Å². The number of nitrogens with zero attached hydrogens (tertiary/aromatic N) is 4. The molecule has 0 radical (unpaired) electrons. The summed E-state index contributed by atoms with van der Waals surface area (Å²) in [6.45, 7) is 4.75. The van der Waals surface area contributed by atoms with E-state index in [-0.39, 0.29) is 19.0 Å². The lowest BCUT2D eigenvalue weighted by molar-refractivity contribution is 0.188.